The Labute approximate surface area is 155 Å². The molecule has 3 aromatic rings. The summed E-state index contributed by atoms with van der Waals surface area (Å²) in [5, 5.41) is 22.4. The standard InChI is InChI=1S/C18H19FN4O2S/c1-13-6-2-5-9-17(13)23-18(20-21-22-23)26-12-15(24)11-25-10-14-7-3-4-8-16(14)19/h2-9,15,24H,10-12H2,1H3. The Hall–Kier alpha value is -2.29. The number of tetrazole rings is 1. The number of ether oxygens (including phenoxy) is 1. The van der Waals surface area contributed by atoms with Crippen molar-refractivity contribution < 1.29 is 14.2 Å². The van der Waals surface area contributed by atoms with Crippen LogP contribution in [0.25, 0.3) is 5.69 Å². The van der Waals surface area contributed by atoms with Crippen LogP contribution in [-0.2, 0) is 11.3 Å². The molecule has 1 unspecified atom stereocenters. The van der Waals surface area contributed by atoms with E-state index in [-0.39, 0.29) is 19.0 Å². The maximum Gasteiger partial charge on any atom is 0.214 e. The summed E-state index contributed by atoms with van der Waals surface area (Å²) in [5.74, 6) is 0.0533. The molecule has 0 aliphatic rings. The zero-order valence-electron chi connectivity index (χ0n) is 14.2. The molecule has 0 amide bonds. The predicted octanol–water partition coefficient (Wildman–Crippen LogP) is 2.78. The molecule has 136 valence electrons. The fraction of sp³-hybridized carbons (Fsp3) is 0.278. The van der Waals surface area contributed by atoms with Gasteiger partial charge in [0.25, 0.3) is 0 Å². The summed E-state index contributed by atoms with van der Waals surface area (Å²) >= 11 is 1.34. The van der Waals surface area contributed by atoms with Gasteiger partial charge in [0.2, 0.25) is 5.16 Å². The van der Waals surface area contributed by atoms with Crippen molar-refractivity contribution in [2.24, 2.45) is 0 Å². The molecule has 8 heteroatoms. The van der Waals surface area contributed by atoms with Gasteiger partial charge in [-0.05, 0) is 35.0 Å². The monoisotopic (exact) mass is 374 g/mol. The molecule has 0 bridgehead atoms. The highest BCUT2D eigenvalue weighted by molar-refractivity contribution is 7.99. The number of hydrogen-bond donors (Lipinski definition) is 1. The van der Waals surface area contributed by atoms with Crippen LogP contribution in [0.15, 0.2) is 53.7 Å². The van der Waals surface area contributed by atoms with Gasteiger partial charge in [-0.15, -0.1) is 5.10 Å². The second-order valence-electron chi connectivity index (χ2n) is 5.73. The lowest BCUT2D eigenvalue weighted by molar-refractivity contribution is 0.0386. The normalized spacial score (nSPS) is 12.3. The minimum atomic E-state index is -0.714. The Balaban J connectivity index is 1.51. The van der Waals surface area contributed by atoms with Crippen LogP contribution in [0.1, 0.15) is 11.1 Å². The molecular formula is C18H19FN4O2S. The summed E-state index contributed by atoms with van der Waals surface area (Å²) < 4.78 is 20.6. The molecule has 26 heavy (non-hydrogen) atoms. The summed E-state index contributed by atoms with van der Waals surface area (Å²) in [5.41, 5.74) is 2.41. The first-order valence-corrected chi connectivity index (χ1v) is 9.10. The van der Waals surface area contributed by atoms with Gasteiger partial charge in [-0.1, -0.05) is 48.2 Å². The molecule has 1 N–H and O–H groups in total. The highest BCUT2D eigenvalue weighted by atomic mass is 32.2. The number of thioether (sulfide) groups is 1. The van der Waals surface area contributed by atoms with E-state index in [1.54, 1.807) is 22.9 Å². The molecule has 1 aromatic heterocycles. The number of aryl methyl sites for hydroxylation is 1. The fourth-order valence-corrected chi connectivity index (χ4v) is 3.15. The van der Waals surface area contributed by atoms with E-state index >= 15 is 0 Å². The SMILES string of the molecule is Cc1ccccc1-n1nnnc1SCC(O)COCc1ccccc1F. The van der Waals surface area contributed by atoms with Gasteiger partial charge in [0.1, 0.15) is 5.82 Å². The number of aromatic nitrogens is 4. The number of para-hydroxylation sites is 1. The van der Waals surface area contributed by atoms with E-state index in [4.69, 9.17) is 4.74 Å². The Kier molecular flexibility index (Phi) is 6.32. The van der Waals surface area contributed by atoms with Gasteiger partial charge in [-0.2, -0.15) is 4.68 Å². The Morgan fingerprint density at radius 3 is 2.77 bits per heavy atom. The highest BCUT2D eigenvalue weighted by Gasteiger charge is 2.13. The van der Waals surface area contributed by atoms with E-state index in [0.29, 0.717) is 16.5 Å². The van der Waals surface area contributed by atoms with Crippen molar-refractivity contribution >= 4 is 11.8 Å². The number of benzene rings is 2. The topological polar surface area (TPSA) is 73.1 Å². The lowest BCUT2D eigenvalue weighted by Gasteiger charge is -2.12. The van der Waals surface area contributed by atoms with Gasteiger partial charge >= 0.3 is 0 Å². The molecule has 1 atom stereocenters. The molecule has 0 aliphatic carbocycles. The number of hydrogen-bond acceptors (Lipinski definition) is 6. The number of aliphatic hydroxyl groups is 1. The zero-order valence-corrected chi connectivity index (χ0v) is 15.1. The van der Waals surface area contributed by atoms with Crippen LogP contribution >= 0.6 is 11.8 Å². The average molecular weight is 374 g/mol. The van der Waals surface area contributed by atoms with E-state index < -0.39 is 6.10 Å². The molecule has 0 saturated carbocycles. The van der Waals surface area contributed by atoms with Crippen molar-refractivity contribution in [1.29, 1.82) is 0 Å². The van der Waals surface area contributed by atoms with E-state index in [2.05, 4.69) is 15.5 Å². The third-order valence-electron chi connectivity index (χ3n) is 3.72. The van der Waals surface area contributed by atoms with Crippen LogP contribution in [0.2, 0.25) is 0 Å². The molecule has 0 aliphatic heterocycles. The largest absolute Gasteiger partial charge is 0.390 e. The third-order valence-corrected chi connectivity index (χ3v) is 4.78. The van der Waals surface area contributed by atoms with E-state index in [1.165, 1.54) is 17.8 Å². The first kappa shape index (κ1) is 18.5. The second-order valence-corrected chi connectivity index (χ2v) is 6.72. The predicted molar refractivity (Wildman–Crippen MR) is 96.7 cm³/mol. The lowest BCUT2D eigenvalue weighted by atomic mass is 10.2. The van der Waals surface area contributed by atoms with Crippen molar-refractivity contribution in [3.8, 4) is 5.69 Å². The first-order valence-electron chi connectivity index (χ1n) is 8.11. The van der Waals surface area contributed by atoms with Gasteiger partial charge in [0.05, 0.1) is 25.0 Å². The van der Waals surface area contributed by atoms with Crippen molar-refractivity contribution in [1.82, 2.24) is 20.2 Å². The van der Waals surface area contributed by atoms with Gasteiger partial charge in [0, 0.05) is 11.3 Å². The summed E-state index contributed by atoms with van der Waals surface area (Å²) in [6.07, 6.45) is -0.714. The van der Waals surface area contributed by atoms with Crippen LogP contribution in [0, 0.1) is 12.7 Å². The van der Waals surface area contributed by atoms with E-state index in [1.807, 2.05) is 31.2 Å². The number of aliphatic hydroxyl groups excluding tert-OH is 1. The maximum absolute atomic E-state index is 13.5. The van der Waals surface area contributed by atoms with Crippen LogP contribution in [0.3, 0.4) is 0 Å². The number of halogens is 1. The van der Waals surface area contributed by atoms with Crippen LogP contribution < -0.4 is 0 Å². The molecule has 0 fully saturated rings. The van der Waals surface area contributed by atoms with E-state index in [9.17, 15) is 9.50 Å². The Morgan fingerprint density at radius 2 is 1.96 bits per heavy atom. The molecular weight excluding hydrogens is 355 g/mol. The van der Waals surface area contributed by atoms with Crippen molar-refractivity contribution in [3.63, 3.8) is 0 Å². The highest BCUT2D eigenvalue weighted by Crippen LogP contribution is 2.21. The molecule has 0 spiro atoms. The smallest absolute Gasteiger partial charge is 0.214 e. The van der Waals surface area contributed by atoms with E-state index in [0.717, 1.165) is 11.3 Å². The van der Waals surface area contributed by atoms with Crippen molar-refractivity contribution in [3.05, 3.63) is 65.5 Å². The molecule has 2 aromatic carbocycles. The Morgan fingerprint density at radius 1 is 1.19 bits per heavy atom. The molecule has 3 rings (SSSR count). The summed E-state index contributed by atoms with van der Waals surface area (Å²) in [6.45, 7) is 2.21. The number of nitrogens with zero attached hydrogens (tertiary/aromatic N) is 4. The zero-order chi connectivity index (χ0) is 18.4. The van der Waals surface area contributed by atoms with Crippen LogP contribution in [-0.4, -0.2) is 43.8 Å². The lowest BCUT2D eigenvalue weighted by Crippen LogP contribution is -2.18. The molecule has 0 radical (unpaired) electrons. The summed E-state index contributed by atoms with van der Waals surface area (Å²) in [6, 6.07) is 14.2. The Bertz CT molecular complexity index is 858. The quantitative estimate of drug-likeness (QED) is 0.611. The average Bonchev–Trinajstić information content (AvgIpc) is 3.10. The fourth-order valence-electron chi connectivity index (χ4n) is 2.36. The van der Waals surface area contributed by atoms with Crippen LogP contribution in [0.4, 0.5) is 4.39 Å². The second kappa shape index (κ2) is 8.88. The van der Waals surface area contributed by atoms with Gasteiger partial charge in [-0.3, -0.25) is 0 Å². The van der Waals surface area contributed by atoms with Gasteiger partial charge in [0.15, 0.2) is 0 Å². The minimum absolute atomic E-state index is 0.104. The summed E-state index contributed by atoms with van der Waals surface area (Å²) in [4.78, 5) is 0. The minimum Gasteiger partial charge on any atom is -0.390 e. The van der Waals surface area contributed by atoms with Crippen molar-refractivity contribution in [2.45, 2.75) is 24.8 Å². The van der Waals surface area contributed by atoms with Crippen LogP contribution in [0.5, 0.6) is 0 Å². The van der Waals surface area contributed by atoms with Crippen molar-refractivity contribution in [2.75, 3.05) is 12.4 Å². The molecule has 6 nitrogen and oxygen atoms in total. The summed E-state index contributed by atoms with van der Waals surface area (Å²) in [7, 11) is 0. The molecule has 1 heterocycles. The third kappa shape index (κ3) is 4.66. The van der Waals surface area contributed by atoms with Gasteiger partial charge < -0.3 is 9.84 Å². The van der Waals surface area contributed by atoms with Gasteiger partial charge in [-0.25, -0.2) is 4.39 Å². The number of rotatable bonds is 8. The first-order chi connectivity index (χ1) is 12.6. The molecule has 0 saturated heterocycles. The maximum atomic E-state index is 13.5.